The van der Waals surface area contributed by atoms with Gasteiger partial charge >= 0.3 is 12.0 Å². The van der Waals surface area contributed by atoms with E-state index in [1.807, 2.05) is 13.8 Å². The Balaban J connectivity index is 1.78. The zero-order chi connectivity index (χ0) is 20.5. The van der Waals surface area contributed by atoms with Crippen LogP contribution in [0.3, 0.4) is 0 Å². The van der Waals surface area contributed by atoms with Gasteiger partial charge in [0, 0.05) is 6.04 Å². The highest BCUT2D eigenvalue weighted by molar-refractivity contribution is 5.98. The summed E-state index contributed by atoms with van der Waals surface area (Å²) in [5, 5.41) is 5.03. The molecule has 1 aromatic rings. The molecule has 1 aliphatic rings. The highest BCUT2D eigenvalue weighted by Crippen LogP contribution is 2.17. The van der Waals surface area contributed by atoms with Gasteiger partial charge < -0.3 is 14.8 Å². The minimum atomic E-state index is -1.08. The highest BCUT2D eigenvalue weighted by atomic mass is 16.5. The molecule has 0 radical (unpaired) electrons. The van der Waals surface area contributed by atoms with Crippen molar-refractivity contribution in [2.75, 3.05) is 0 Å². The Bertz CT molecular complexity index is 666. The lowest BCUT2D eigenvalue weighted by Crippen LogP contribution is -2.48. The monoisotopic (exact) mass is 390 g/mol. The fourth-order valence-corrected chi connectivity index (χ4v) is 2.96. The smallest absolute Gasteiger partial charge is 0.338 e. The molecule has 0 unspecified atom stereocenters. The van der Waals surface area contributed by atoms with Gasteiger partial charge in [-0.15, -0.1) is 0 Å². The van der Waals surface area contributed by atoms with E-state index in [0.29, 0.717) is 12.2 Å². The minimum Gasteiger partial charge on any atom is -0.449 e. The van der Waals surface area contributed by atoms with Crippen LogP contribution in [0.2, 0.25) is 0 Å². The topological polar surface area (TPSA) is 93.7 Å². The summed E-state index contributed by atoms with van der Waals surface area (Å²) in [6, 6.07) is 6.36. The summed E-state index contributed by atoms with van der Waals surface area (Å²) in [4.78, 5) is 36.2. The number of rotatable bonds is 7. The van der Waals surface area contributed by atoms with Crippen LogP contribution in [0.15, 0.2) is 24.3 Å². The van der Waals surface area contributed by atoms with Crippen molar-refractivity contribution in [3.05, 3.63) is 35.4 Å². The molecule has 1 saturated carbocycles. The number of ether oxygens (including phenoxy) is 2. The van der Waals surface area contributed by atoms with E-state index < -0.39 is 24.0 Å². The summed E-state index contributed by atoms with van der Waals surface area (Å²) in [6.07, 6.45) is 4.23. The SMILES string of the molecule is CC(C)OCc1ccc(C(=O)O[C@@H](C)C(=O)NC(=O)NC2CCCCC2)cc1. The molecule has 1 atom stereocenters. The molecule has 0 spiro atoms. The molecule has 0 bridgehead atoms. The van der Waals surface area contributed by atoms with Gasteiger partial charge in [0.25, 0.3) is 5.91 Å². The van der Waals surface area contributed by atoms with Gasteiger partial charge in [0.2, 0.25) is 0 Å². The Kier molecular flexibility index (Phi) is 8.44. The van der Waals surface area contributed by atoms with E-state index in [2.05, 4.69) is 10.6 Å². The lowest BCUT2D eigenvalue weighted by atomic mass is 9.96. The molecule has 3 amide bonds. The van der Waals surface area contributed by atoms with E-state index in [9.17, 15) is 14.4 Å². The maximum atomic E-state index is 12.2. The zero-order valence-corrected chi connectivity index (χ0v) is 16.8. The first-order chi connectivity index (χ1) is 13.3. The van der Waals surface area contributed by atoms with Crippen LogP contribution >= 0.6 is 0 Å². The van der Waals surface area contributed by atoms with Gasteiger partial charge in [-0.2, -0.15) is 0 Å². The minimum absolute atomic E-state index is 0.0950. The summed E-state index contributed by atoms with van der Waals surface area (Å²) in [5.41, 5.74) is 1.27. The molecule has 1 fully saturated rings. The fraction of sp³-hybridized carbons (Fsp3) is 0.571. The molecule has 0 aromatic heterocycles. The molecule has 1 aliphatic carbocycles. The number of nitrogens with one attached hydrogen (secondary N) is 2. The van der Waals surface area contributed by atoms with Crippen molar-refractivity contribution in [1.82, 2.24) is 10.6 Å². The van der Waals surface area contributed by atoms with Crippen molar-refractivity contribution in [1.29, 1.82) is 0 Å². The van der Waals surface area contributed by atoms with Crippen molar-refractivity contribution >= 4 is 17.9 Å². The molecule has 28 heavy (non-hydrogen) atoms. The van der Waals surface area contributed by atoms with Crippen LogP contribution in [0.25, 0.3) is 0 Å². The number of carbonyl (C=O) groups excluding carboxylic acids is 3. The molecule has 0 aliphatic heterocycles. The summed E-state index contributed by atoms with van der Waals surface area (Å²) in [7, 11) is 0. The Morgan fingerprint density at radius 3 is 2.29 bits per heavy atom. The van der Waals surface area contributed by atoms with Crippen molar-refractivity contribution < 1.29 is 23.9 Å². The van der Waals surface area contributed by atoms with Crippen molar-refractivity contribution in [2.24, 2.45) is 0 Å². The van der Waals surface area contributed by atoms with Gasteiger partial charge in [-0.1, -0.05) is 31.4 Å². The standard InChI is InChI=1S/C21H30N2O5/c1-14(2)27-13-16-9-11-17(12-10-16)20(25)28-15(3)19(24)23-21(26)22-18-7-5-4-6-8-18/h9-12,14-15,18H,4-8,13H2,1-3H3,(H2,22,23,24,26)/t15-/m0/s1. The normalized spacial score (nSPS) is 15.7. The third kappa shape index (κ3) is 7.31. The predicted molar refractivity (Wildman–Crippen MR) is 105 cm³/mol. The second-order valence-electron chi connectivity index (χ2n) is 7.40. The predicted octanol–water partition coefficient (Wildman–Crippen LogP) is 3.32. The molecule has 1 aromatic carbocycles. The number of hydrogen-bond donors (Lipinski definition) is 2. The number of benzene rings is 1. The Labute approximate surface area is 166 Å². The maximum Gasteiger partial charge on any atom is 0.338 e. The fourth-order valence-electron chi connectivity index (χ4n) is 2.96. The first-order valence-electron chi connectivity index (χ1n) is 9.88. The third-order valence-electron chi connectivity index (χ3n) is 4.60. The van der Waals surface area contributed by atoms with Crippen LogP contribution in [-0.4, -0.2) is 36.2 Å². The van der Waals surface area contributed by atoms with E-state index in [4.69, 9.17) is 9.47 Å². The average Bonchev–Trinajstić information content (AvgIpc) is 2.67. The Morgan fingerprint density at radius 2 is 1.68 bits per heavy atom. The van der Waals surface area contributed by atoms with Crippen LogP contribution in [0.1, 0.15) is 68.8 Å². The Hall–Kier alpha value is -2.41. The second-order valence-corrected chi connectivity index (χ2v) is 7.40. The molecule has 154 valence electrons. The Morgan fingerprint density at radius 1 is 1.04 bits per heavy atom. The summed E-state index contributed by atoms with van der Waals surface area (Å²) in [6.45, 7) is 5.80. The number of hydrogen-bond acceptors (Lipinski definition) is 5. The van der Waals surface area contributed by atoms with Gasteiger partial charge in [-0.05, 0) is 51.3 Å². The number of amides is 3. The second kappa shape index (κ2) is 10.8. The van der Waals surface area contributed by atoms with Gasteiger partial charge in [-0.25, -0.2) is 9.59 Å². The van der Waals surface area contributed by atoms with Crippen LogP contribution in [0.4, 0.5) is 4.79 Å². The zero-order valence-electron chi connectivity index (χ0n) is 16.8. The van der Waals surface area contributed by atoms with Gasteiger partial charge in [0.1, 0.15) is 0 Å². The first-order valence-corrected chi connectivity index (χ1v) is 9.88. The molecule has 0 saturated heterocycles. The molecule has 0 heterocycles. The van der Waals surface area contributed by atoms with Gasteiger partial charge in [0.05, 0.1) is 18.3 Å². The molecular weight excluding hydrogens is 360 g/mol. The maximum absolute atomic E-state index is 12.2. The van der Waals surface area contributed by atoms with Gasteiger partial charge in [0.15, 0.2) is 6.10 Å². The number of carbonyl (C=O) groups is 3. The largest absolute Gasteiger partial charge is 0.449 e. The quantitative estimate of drug-likeness (QED) is 0.697. The van der Waals surface area contributed by atoms with E-state index in [1.165, 1.54) is 13.3 Å². The van der Waals surface area contributed by atoms with Crippen LogP contribution < -0.4 is 10.6 Å². The summed E-state index contributed by atoms with van der Waals surface area (Å²) >= 11 is 0. The lowest BCUT2D eigenvalue weighted by Gasteiger charge is -2.23. The van der Waals surface area contributed by atoms with Crippen molar-refractivity contribution in [2.45, 2.75) is 77.7 Å². The first kappa shape index (κ1) is 21.9. The summed E-state index contributed by atoms with van der Waals surface area (Å²) < 4.78 is 10.7. The highest BCUT2D eigenvalue weighted by Gasteiger charge is 2.22. The summed E-state index contributed by atoms with van der Waals surface area (Å²) in [5.74, 6) is -1.27. The van der Waals surface area contributed by atoms with E-state index in [-0.39, 0.29) is 12.1 Å². The van der Waals surface area contributed by atoms with Crippen LogP contribution in [0.5, 0.6) is 0 Å². The number of urea groups is 1. The molecule has 7 heteroatoms. The van der Waals surface area contributed by atoms with Crippen molar-refractivity contribution in [3.8, 4) is 0 Å². The van der Waals surface area contributed by atoms with Crippen LogP contribution in [0, 0.1) is 0 Å². The van der Waals surface area contributed by atoms with E-state index >= 15 is 0 Å². The van der Waals surface area contributed by atoms with Crippen LogP contribution in [-0.2, 0) is 20.9 Å². The van der Waals surface area contributed by atoms with Gasteiger partial charge in [-0.3, -0.25) is 10.1 Å². The van der Waals surface area contributed by atoms with E-state index in [0.717, 1.165) is 31.2 Å². The number of esters is 1. The average molecular weight is 390 g/mol. The molecular formula is C21H30N2O5. The van der Waals surface area contributed by atoms with Crippen molar-refractivity contribution in [3.63, 3.8) is 0 Å². The van der Waals surface area contributed by atoms with E-state index in [1.54, 1.807) is 24.3 Å². The molecule has 2 rings (SSSR count). The third-order valence-corrected chi connectivity index (χ3v) is 4.60. The number of imide groups is 1. The lowest BCUT2D eigenvalue weighted by molar-refractivity contribution is -0.127. The molecule has 2 N–H and O–H groups in total. The molecule has 7 nitrogen and oxygen atoms in total.